The maximum atomic E-state index is 12.6. The number of carbonyl (C=O) groups is 2. The third-order valence-corrected chi connectivity index (χ3v) is 5.89. The predicted octanol–water partition coefficient (Wildman–Crippen LogP) is 3.96. The number of rotatable bonds is 1. The maximum absolute atomic E-state index is 12.6. The van der Waals surface area contributed by atoms with Gasteiger partial charge >= 0.3 is 0 Å². The summed E-state index contributed by atoms with van der Waals surface area (Å²) in [4.78, 5) is 26.5. The van der Waals surface area contributed by atoms with E-state index in [4.69, 9.17) is 34.8 Å². The molecule has 0 N–H and O–H groups in total. The molecule has 1 heterocycles. The molecule has 0 radical (unpaired) electrons. The largest absolute Gasteiger partial charge is 0.274 e. The summed E-state index contributed by atoms with van der Waals surface area (Å²) in [5, 5.41) is 0.693. The number of carbonyl (C=O) groups excluding carboxylic acids is 2. The van der Waals surface area contributed by atoms with Crippen LogP contribution in [0.1, 0.15) is 6.42 Å². The van der Waals surface area contributed by atoms with Gasteiger partial charge in [-0.2, -0.15) is 0 Å². The lowest BCUT2D eigenvalue weighted by Crippen LogP contribution is -2.32. The van der Waals surface area contributed by atoms with Crippen LogP contribution in [-0.2, 0) is 9.59 Å². The Morgan fingerprint density at radius 1 is 0.905 bits per heavy atom. The van der Waals surface area contributed by atoms with Gasteiger partial charge in [-0.15, -0.1) is 0 Å². The van der Waals surface area contributed by atoms with Crippen molar-refractivity contribution in [2.24, 2.45) is 23.7 Å². The summed E-state index contributed by atoms with van der Waals surface area (Å²) in [5.74, 6) is -0.423. The van der Waals surface area contributed by atoms with Gasteiger partial charge in [0.2, 0.25) is 11.8 Å². The summed E-state index contributed by atoms with van der Waals surface area (Å²) in [6.45, 7) is 0. The Balaban J connectivity index is 1.78. The van der Waals surface area contributed by atoms with Gasteiger partial charge in [0.15, 0.2) is 0 Å². The van der Waals surface area contributed by atoms with Crippen LogP contribution in [0.2, 0.25) is 15.1 Å². The zero-order valence-electron chi connectivity index (χ0n) is 10.7. The fourth-order valence-electron chi connectivity index (χ4n) is 3.83. The van der Waals surface area contributed by atoms with Gasteiger partial charge in [0.05, 0.1) is 32.6 Å². The van der Waals surface area contributed by atoms with Gasteiger partial charge < -0.3 is 0 Å². The van der Waals surface area contributed by atoms with Gasteiger partial charge in [-0.05, 0) is 30.4 Å². The molecule has 2 fully saturated rings. The summed E-state index contributed by atoms with van der Waals surface area (Å²) >= 11 is 17.9. The number of nitrogens with zero attached hydrogens (tertiary/aromatic N) is 1. The number of benzene rings is 1. The van der Waals surface area contributed by atoms with Crippen molar-refractivity contribution in [1.82, 2.24) is 0 Å². The number of anilines is 1. The van der Waals surface area contributed by atoms with Crippen LogP contribution in [0.4, 0.5) is 5.69 Å². The van der Waals surface area contributed by atoms with Crippen LogP contribution in [0.3, 0.4) is 0 Å². The molecule has 4 rings (SSSR count). The summed E-state index contributed by atoms with van der Waals surface area (Å²) in [5.41, 5.74) is 0.401. The van der Waals surface area contributed by atoms with Crippen LogP contribution >= 0.6 is 34.8 Å². The maximum Gasteiger partial charge on any atom is 0.238 e. The highest BCUT2D eigenvalue weighted by molar-refractivity contribution is 6.48. The lowest BCUT2D eigenvalue weighted by atomic mass is 9.85. The van der Waals surface area contributed by atoms with Gasteiger partial charge in [-0.25, -0.2) is 4.90 Å². The molecule has 2 amide bonds. The van der Waals surface area contributed by atoms with Gasteiger partial charge in [0.25, 0.3) is 0 Å². The molecule has 0 aromatic heterocycles. The van der Waals surface area contributed by atoms with E-state index in [9.17, 15) is 9.59 Å². The molecule has 21 heavy (non-hydrogen) atoms. The topological polar surface area (TPSA) is 37.4 Å². The second kappa shape index (κ2) is 4.48. The minimum absolute atomic E-state index is 0.156. The third kappa shape index (κ3) is 1.74. The zero-order valence-corrected chi connectivity index (χ0v) is 13.0. The summed E-state index contributed by atoms with van der Waals surface area (Å²) < 4.78 is 0. The van der Waals surface area contributed by atoms with Crippen LogP contribution in [0, 0.1) is 23.7 Å². The van der Waals surface area contributed by atoms with E-state index < -0.39 is 0 Å². The van der Waals surface area contributed by atoms with Gasteiger partial charge in [0.1, 0.15) is 0 Å². The third-order valence-electron chi connectivity index (χ3n) is 4.70. The highest BCUT2D eigenvalue weighted by atomic mass is 35.5. The lowest BCUT2D eigenvalue weighted by molar-refractivity contribution is -0.123. The Morgan fingerprint density at radius 3 is 1.86 bits per heavy atom. The first-order valence-electron chi connectivity index (χ1n) is 6.69. The van der Waals surface area contributed by atoms with Crippen LogP contribution < -0.4 is 4.90 Å². The number of fused-ring (bicyclic) bond motifs is 5. The molecule has 2 aliphatic carbocycles. The summed E-state index contributed by atoms with van der Waals surface area (Å²) in [7, 11) is 0. The minimum Gasteiger partial charge on any atom is -0.274 e. The number of halogens is 3. The van der Waals surface area contributed by atoms with Crippen LogP contribution in [0.15, 0.2) is 24.3 Å². The van der Waals surface area contributed by atoms with Crippen molar-refractivity contribution in [3.8, 4) is 0 Å². The number of hydrogen-bond acceptors (Lipinski definition) is 2. The molecule has 1 saturated carbocycles. The van der Waals surface area contributed by atoms with E-state index >= 15 is 0 Å². The smallest absolute Gasteiger partial charge is 0.238 e. The average molecular weight is 343 g/mol. The van der Waals surface area contributed by atoms with Crippen molar-refractivity contribution in [2.45, 2.75) is 6.42 Å². The second-order valence-corrected chi connectivity index (χ2v) is 6.93. The molecule has 6 heteroatoms. The first-order chi connectivity index (χ1) is 9.99. The van der Waals surface area contributed by atoms with Gasteiger partial charge in [-0.3, -0.25) is 9.59 Å². The zero-order chi connectivity index (χ0) is 14.9. The predicted molar refractivity (Wildman–Crippen MR) is 81.7 cm³/mol. The molecular weight excluding hydrogens is 333 g/mol. The monoisotopic (exact) mass is 341 g/mol. The van der Waals surface area contributed by atoms with E-state index in [1.165, 1.54) is 17.0 Å². The molecule has 1 saturated heterocycles. The average Bonchev–Trinajstić information content (AvgIpc) is 3.10. The van der Waals surface area contributed by atoms with Crippen molar-refractivity contribution in [3.05, 3.63) is 39.4 Å². The molecule has 1 aromatic carbocycles. The molecule has 1 aromatic rings. The Hall–Kier alpha value is -1.03. The van der Waals surface area contributed by atoms with E-state index in [1.54, 1.807) is 0 Å². The van der Waals surface area contributed by atoms with E-state index in [1.807, 2.05) is 0 Å². The molecule has 3 nitrogen and oxygen atoms in total. The molecule has 0 spiro atoms. The SMILES string of the molecule is O=C1[C@@H]2[C@H](C(=O)N1c1cc(Cl)c(Cl)c(Cl)c1)[C@@H]1C=C[C@@H]2C1. The van der Waals surface area contributed by atoms with Crippen LogP contribution in [0.5, 0.6) is 0 Å². The molecule has 0 unspecified atom stereocenters. The van der Waals surface area contributed by atoms with Crippen molar-refractivity contribution < 1.29 is 9.59 Å². The molecule has 1 aliphatic heterocycles. The van der Waals surface area contributed by atoms with Crippen molar-refractivity contribution in [2.75, 3.05) is 4.90 Å². The second-order valence-electron chi connectivity index (χ2n) is 5.74. The molecule has 2 bridgehead atoms. The van der Waals surface area contributed by atoms with E-state index in [0.717, 1.165) is 6.42 Å². The molecular formula is C15H10Cl3NO2. The summed E-state index contributed by atoms with van der Waals surface area (Å²) in [6, 6.07) is 3.03. The first-order valence-corrected chi connectivity index (χ1v) is 7.83. The quantitative estimate of drug-likeness (QED) is 0.440. The molecule has 4 atom stereocenters. The van der Waals surface area contributed by atoms with Crippen LogP contribution in [0.25, 0.3) is 0 Å². The van der Waals surface area contributed by atoms with Gasteiger partial charge in [0, 0.05) is 0 Å². The normalized spacial score (nSPS) is 33.2. The van der Waals surface area contributed by atoms with Crippen molar-refractivity contribution >= 4 is 52.3 Å². The Bertz CT molecular complexity index is 662. The Morgan fingerprint density at radius 2 is 1.38 bits per heavy atom. The van der Waals surface area contributed by atoms with Gasteiger partial charge in [-0.1, -0.05) is 47.0 Å². The fourth-order valence-corrected chi connectivity index (χ4v) is 4.41. The molecule has 3 aliphatic rings. The Kier molecular flexibility index (Phi) is 2.91. The van der Waals surface area contributed by atoms with E-state index in [-0.39, 0.29) is 50.6 Å². The minimum atomic E-state index is -0.235. The number of amides is 2. The Labute approximate surface area is 136 Å². The summed E-state index contributed by atoms with van der Waals surface area (Å²) in [6.07, 6.45) is 5.02. The van der Waals surface area contributed by atoms with Crippen molar-refractivity contribution in [1.29, 1.82) is 0 Å². The number of allylic oxidation sites excluding steroid dienone is 2. The first kappa shape index (κ1) is 13.6. The van der Waals surface area contributed by atoms with Crippen molar-refractivity contribution in [3.63, 3.8) is 0 Å². The van der Waals surface area contributed by atoms with E-state index in [0.29, 0.717) is 5.69 Å². The lowest BCUT2D eigenvalue weighted by Gasteiger charge is -2.18. The molecule has 108 valence electrons. The highest BCUT2D eigenvalue weighted by Gasteiger charge is 2.59. The number of hydrogen-bond donors (Lipinski definition) is 0. The fraction of sp³-hybridized carbons (Fsp3) is 0.333. The van der Waals surface area contributed by atoms with E-state index in [2.05, 4.69) is 12.2 Å². The number of imide groups is 1. The highest BCUT2D eigenvalue weighted by Crippen LogP contribution is 2.53. The standard InChI is InChI=1S/C15H10Cl3NO2/c16-9-4-8(5-10(17)13(9)18)19-14(20)11-6-1-2-7(3-6)12(11)15(19)21/h1-2,4-7,11-12H,3H2/t6-,7-,11-,12+/m1/s1. The van der Waals surface area contributed by atoms with Crippen LogP contribution in [-0.4, -0.2) is 11.8 Å².